The molecule has 0 fully saturated rings. The molecular formula is C15H16N4O2. The van der Waals surface area contributed by atoms with Crippen molar-refractivity contribution in [2.45, 2.75) is 13.1 Å². The third kappa shape index (κ3) is 3.05. The molecular weight excluding hydrogens is 268 g/mol. The number of rotatable bonds is 5. The van der Waals surface area contributed by atoms with E-state index in [1.54, 1.807) is 24.1 Å². The van der Waals surface area contributed by atoms with Crippen molar-refractivity contribution < 1.29 is 9.21 Å². The number of nitrogens with zero attached hydrogens (tertiary/aromatic N) is 2. The van der Waals surface area contributed by atoms with Crippen LogP contribution < -0.4 is 10.6 Å². The van der Waals surface area contributed by atoms with Crippen LogP contribution in [0, 0.1) is 0 Å². The predicted octanol–water partition coefficient (Wildman–Crippen LogP) is 1.99. The summed E-state index contributed by atoms with van der Waals surface area (Å²) in [6, 6.07) is 9.91. The molecule has 108 valence electrons. The maximum Gasteiger partial charge on any atom is 0.241 e. The molecule has 3 rings (SSSR count). The van der Waals surface area contributed by atoms with E-state index in [2.05, 4.69) is 15.7 Å². The zero-order chi connectivity index (χ0) is 14.7. The summed E-state index contributed by atoms with van der Waals surface area (Å²) in [5, 5.41) is 11.0. The van der Waals surface area contributed by atoms with Crippen molar-refractivity contribution in [2.24, 2.45) is 0 Å². The van der Waals surface area contributed by atoms with Gasteiger partial charge in [-0.1, -0.05) is 18.2 Å². The van der Waals surface area contributed by atoms with E-state index in [-0.39, 0.29) is 12.5 Å². The number of anilines is 1. The summed E-state index contributed by atoms with van der Waals surface area (Å²) in [5.41, 5.74) is 1.73. The van der Waals surface area contributed by atoms with Gasteiger partial charge in [-0.25, -0.2) is 0 Å². The van der Waals surface area contributed by atoms with Crippen LogP contribution in [0.15, 0.2) is 47.1 Å². The number of benzene rings is 1. The molecule has 0 unspecified atom stereocenters. The minimum atomic E-state index is -0.0815. The monoisotopic (exact) mass is 284 g/mol. The minimum Gasteiger partial charge on any atom is -0.459 e. The largest absolute Gasteiger partial charge is 0.459 e. The predicted molar refractivity (Wildman–Crippen MR) is 79.8 cm³/mol. The molecule has 0 atom stereocenters. The van der Waals surface area contributed by atoms with Gasteiger partial charge in [-0.15, -0.1) is 0 Å². The lowest BCUT2D eigenvalue weighted by atomic mass is 10.2. The molecule has 2 N–H and O–H groups in total. The van der Waals surface area contributed by atoms with Crippen LogP contribution in [-0.2, 0) is 17.9 Å². The molecule has 0 saturated carbocycles. The lowest BCUT2D eigenvalue weighted by Gasteiger charge is -2.00. The number of carbonyl (C=O) groups is 1. The number of carbonyl (C=O) groups excluding carboxylic acids is 1. The van der Waals surface area contributed by atoms with Gasteiger partial charge < -0.3 is 15.1 Å². The quantitative estimate of drug-likeness (QED) is 0.751. The average molecular weight is 284 g/mol. The van der Waals surface area contributed by atoms with Gasteiger partial charge in [0.2, 0.25) is 5.91 Å². The van der Waals surface area contributed by atoms with Crippen molar-refractivity contribution in [1.29, 1.82) is 0 Å². The Morgan fingerprint density at radius 1 is 1.38 bits per heavy atom. The van der Waals surface area contributed by atoms with E-state index in [0.717, 1.165) is 22.4 Å². The highest BCUT2D eigenvalue weighted by Crippen LogP contribution is 2.19. The van der Waals surface area contributed by atoms with Crippen LogP contribution in [0.2, 0.25) is 0 Å². The van der Waals surface area contributed by atoms with E-state index in [9.17, 15) is 4.79 Å². The summed E-state index contributed by atoms with van der Waals surface area (Å²) in [4.78, 5) is 11.3. The molecule has 21 heavy (non-hydrogen) atoms. The van der Waals surface area contributed by atoms with Crippen molar-refractivity contribution in [3.63, 3.8) is 0 Å². The Labute approximate surface area is 121 Å². The Kier molecular flexibility index (Phi) is 3.59. The van der Waals surface area contributed by atoms with Gasteiger partial charge in [0.15, 0.2) is 0 Å². The zero-order valence-corrected chi connectivity index (χ0v) is 11.7. The molecule has 1 amide bonds. The van der Waals surface area contributed by atoms with E-state index in [4.69, 9.17) is 4.42 Å². The van der Waals surface area contributed by atoms with Gasteiger partial charge in [-0.05, 0) is 12.1 Å². The van der Waals surface area contributed by atoms with Gasteiger partial charge in [-0.2, -0.15) is 5.10 Å². The molecule has 6 nitrogen and oxygen atoms in total. The SMILES string of the molecule is CNC(=O)Cn1cc(NCc2cc3ccccc3o2)cn1. The Hall–Kier alpha value is -2.76. The topological polar surface area (TPSA) is 72.1 Å². The van der Waals surface area contributed by atoms with Crippen molar-refractivity contribution in [2.75, 3.05) is 12.4 Å². The van der Waals surface area contributed by atoms with E-state index < -0.39 is 0 Å². The van der Waals surface area contributed by atoms with Crippen LogP contribution >= 0.6 is 0 Å². The summed E-state index contributed by atoms with van der Waals surface area (Å²) in [6.45, 7) is 0.781. The Morgan fingerprint density at radius 3 is 3.05 bits per heavy atom. The molecule has 2 heterocycles. The van der Waals surface area contributed by atoms with Gasteiger partial charge in [0.05, 0.1) is 18.4 Å². The van der Waals surface area contributed by atoms with Crippen LogP contribution in [0.3, 0.4) is 0 Å². The molecule has 0 aliphatic rings. The van der Waals surface area contributed by atoms with Gasteiger partial charge >= 0.3 is 0 Å². The van der Waals surface area contributed by atoms with Crippen LogP contribution in [0.5, 0.6) is 0 Å². The first-order valence-electron chi connectivity index (χ1n) is 6.69. The fraction of sp³-hybridized carbons (Fsp3) is 0.200. The second-order valence-corrected chi connectivity index (χ2v) is 4.70. The van der Waals surface area contributed by atoms with Crippen LogP contribution in [-0.4, -0.2) is 22.7 Å². The molecule has 3 aromatic rings. The molecule has 0 aliphatic heterocycles. The van der Waals surface area contributed by atoms with E-state index in [0.29, 0.717) is 6.54 Å². The maximum absolute atomic E-state index is 11.3. The lowest BCUT2D eigenvalue weighted by Crippen LogP contribution is -2.23. The molecule has 0 radical (unpaired) electrons. The fourth-order valence-corrected chi connectivity index (χ4v) is 2.08. The summed E-state index contributed by atoms with van der Waals surface area (Å²) in [5.74, 6) is 0.775. The molecule has 2 aromatic heterocycles. The zero-order valence-electron chi connectivity index (χ0n) is 11.7. The van der Waals surface area contributed by atoms with Crippen LogP contribution in [0.4, 0.5) is 5.69 Å². The Bertz CT molecular complexity index is 727. The molecule has 6 heteroatoms. The highest BCUT2D eigenvalue weighted by molar-refractivity contribution is 5.77. The van der Waals surface area contributed by atoms with Gasteiger partial charge in [-0.3, -0.25) is 9.48 Å². The smallest absolute Gasteiger partial charge is 0.241 e. The van der Waals surface area contributed by atoms with Crippen molar-refractivity contribution in [1.82, 2.24) is 15.1 Å². The van der Waals surface area contributed by atoms with Gasteiger partial charge in [0.1, 0.15) is 17.9 Å². The summed E-state index contributed by atoms with van der Waals surface area (Å²) < 4.78 is 7.31. The fourth-order valence-electron chi connectivity index (χ4n) is 2.08. The minimum absolute atomic E-state index is 0.0815. The number of likely N-dealkylation sites (N-methyl/N-ethyl adjacent to an activating group) is 1. The second kappa shape index (κ2) is 5.70. The number of hydrogen-bond donors (Lipinski definition) is 2. The highest BCUT2D eigenvalue weighted by atomic mass is 16.3. The first-order valence-corrected chi connectivity index (χ1v) is 6.69. The van der Waals surface area contributed by atoms with Crippen LogP contribution in [0.25, 0.3) is 11.0 Å². The summed E-state index contributed by atoms with van der Waals surface area (Å²) >= 11 is 0. The number of nitrogens with one attached hydrogen (secondary N) is 2. The van der Waals surface area contributed by atoms with Crippen LogP contribution in [0.1, 0.15) is 5.76 Å². The standard InChI is InChI=1S/C15H16N4O2/c1-16-15(20)10-19-9-12(7-18-19)17-8-13-6-11-4-2-3-5-14(11)21-13/h2-7,9,17H,8,10H2,1H3,(H,16,20). The summed E-state index contributed by atoms with van der Waals surface area (Å²) in [7, 11) is 1.60. The molecule has 0 aliphatic carbocycles. The number of aromatic nitrogens is 2. The highest BCUT2D eigenvalue weighted by Gasteiger charge is 2.05. The second-order valence-electron chi connectivity index (χ2n) is 4.70. The van der Waals surface area contributed by atoms with Crippen molar-refractivity contribution >= 4 is 22.6 Å². The van der Waals surface area contributed by atoms with E-state index in [1.807, 2.05) is 30.3 Å². The number of para-hydroxylation sites is 1. The molecule has 0 saturated heterocycles. The number of fused-ring (bicyclic) bond motifs is 1. The third-order valence-corrected chi connectivity index (χ3v) is 3.16. The third-order valence-electron chi connectivity index (χ3n) is 3.16. The normalized spacial score (nSPS) is 10.7. The van der Waals surface area contributed by atoms with E-state index in [1.165, 1.54) is 0 Å². The first-order chi connectivity index (χ1) is 10.2. The van der Waals surface area contributed by atoms with E-state index >= 15 is 0 Å². The Balaban J connectivity index is 1.63. The first kappa shape index (κ1) is 13.2. The number of furan rings is 1. The molecule has 1 aromatic carbocycles. The average Bonchev–Trinajstić information content (AvgIpc) is 3.10. The molecule has 0 bridgehead atoms. The number of amides is 1. The summed E-state index contributed by atoms with van der Waals surface area (Å²) in [6.07, 6.45) is 3.48. The van der Waals surface area contributed by atoms with Crippen molar-refractivity contribution in [3.8, 4) is 0 Å². The lowest BCUT2D eigenvalue weighted by molar-refractivity contribution is -0.121. The number of hydrogen-bond acceptors (Lipinski definition) is 4. The maximum atomic E-state index is 11.3. The van der Waals surface area contributed by atoms with Crippen molar-refractivity contribution in [3.05, 3.63) is 48.5 Å². The Morgan fingerprint density at radius 2 is 2.24 bits per heavy atom. The molecule has 0 spiro atoms. The van der Waals surface area contributed by atoms with Gasteiger partial charge in [0.25, 0.3) is 0 Å². The van der Waals surface area contributed by atoms with Gasteiger partial charge in [0, 0.05) is 18.6 Å².